The molecule has 20 heavy (non-hydrogen) atoms. The van der Waals surface area contributed by atoms with E-state index in [9.17, 15) is 10.1 Å². The van der Waals surface area contributed by atoms with Gasteiger partial charge >= 0.3 is 0 Å². The molecule has 0 amide bonds. The summed E-state index contributed by atoms with van der Waals surface area (Å²) < 4.78 is 0. The van der Waals surface area contributed by atoms with Crippen molar-refractivity contribution in [2.45, 2.75) is 40.7 Å². The molecule has 0 heterocycles. The van der Waals surface area contributed by atoms with Gasteiger partial charge in [-0.2, -0.15) is 0 Å². The van der Waals surface area contributed by atoms with Crippen LogP contribution in [0.2, 0.25) is 0 Å². The number of hydrogen-bond donors (Lipinski definition) is 1. The standard InChI is InChI=1S/C16H26N2O2/c1-11(2)16(12(3)4)10-17-13(5)14-6-8-15(9-7-14)18(19)20/h6-9,11-13,16-17H,10H2,1-5H3. The van der Waals surface area contributed by atoms with Crippen LogP contribution in [0, 0.1) is 27.9 Å². The first kappa shape index (κ1) is 16.6. The first-order valence-corrected chi connectivity index (χ1v) is 7.30. The predicted molar refractivity (Wildman–Crippen MR) is 82.7 cm³/mol. The fourth-order valence-corrected chi connectivity index (χ4v) is 2.56. The van der Waals surface area contributed by atoms with Gasteiger partial charge in [0.1, 0.15) is 0 Å². The van der Waals surface area contributed by atoms with E-state index in [1.54, 1.807) is 12.1 Å². The third-order valence-electron chi connectivity index (χ3n) is 3.98. The summed E-state index contributed by atoms with van der Waals surface area (Å²) in [6, 6.07) is 6.99. The SMILES string of the molecule is CC(NCC(C(C)C)C(C)C)c1ccc([N+](=O)[O-])cc1. The van der Waals surface area contributed by atoms with Gasteiger partial charge in [-0.25, -0.2) is 0 Å². The third-order valence-corrected chi connectivity index (χ3v) is 3.98. The highest BCUT2D eigenvalue weighted by Crippen LogP contribution is 2.22. The van der Waals surface area contributed by atoms with Crippen LogP contribution in [0.15, 0.2) is 24.3 Å². The summed E-state index contributed by atoms with van der Waals surface area (Å²) >= 11 is 0. The maximum atomic E-state index is 10.6. The summed E-state index contributed by atoms with van der Waals surface area (Å²) in [4.78, 5) is 10.3. The first-order valence-electron chi connectivity index (χ1n) is 7.30. The van der Waals surface area contributed by atoms with Crippen LogP contribution in [-0.2, 0) is 0 Å². The molecule has 1 aromatic carbocycles. The zero-order valence-corrected chi connectivity index (χ0v) is 13.1. The van der Waals surface area contributed by atoms with Gasteiger partial charge in [0.05, 0.1) is 4.92 Å². The highest BCUT2D eigenvalue weighted by Gasteiger charge is 2.18. The van der Waals surface area contributed by atoms with E-state index in [4.69, 9.17) is 0 Å². The van der Waals surface area contributed by atoms with Gasteiger partial charge in [0, 0.05) is 18.2 Å². The predicted octanol–water partition coefficient (Wildman–Crippen LogP) is 4.17. The minimum atomic E-state index is -0.366. The molecule has 112 valence electrons. The number of benzene rings is 1. The summed E-state index contributed by atoms with van der Waals surface area (Å²) in [6.07, 6.45) is 0. The Hall–Kier alpha value is -1.42. The Morgan fingerprint density at radius 1 is 1.05 bits per heavy atom. The molecule has 1 N–H and O–H groups in total. The second kappa shape index (κ2) is 7.39. The lowest BCUT2D eigenvalue weighted by Crippen LogP contribution is -2.31. The molecular weight excluding hydrogens is 252 g/mol. The molecule has 0 aliphatic carbocycles. The highest BCUT2D eigenvalue weighted by atomic mass is 16.6. The van der Waals surface area contributed by atoms with Gasteiger partial charge in [0.15, 0.2) is 0 Å². The van der Waals surface area contributed by atoms with Gasteiger partial charge in [-0.1, -0.05) is 39.8 Å². The molecule has 0 radical (unpaired) electrons. The number of non-ortho nitro benzene ring substituents is 1. The van der Waals surface area contributed by atoms with Gasteiger partial charge in [-0.3, -0.25) is 10.1 Å². The molecule has 4 heteroatoms. The molecule has 0 fully saturated rings. The molecule has 0 saturated carbocycles. The molecule has 1 atom stereocenters. The quantitative estimate of drug-likeness (QED) is 0.601. The summed E-state index contributed by atoms with van der Waals surface area (Å²) in [5.41, 5.74) is 1.23. The Bertz CT molecular complexity index is 419. The lowest BCUT2D eigenvalue weighted by molar-refractivity contribution is -0.384. The molecule has 0 aliphatic rings. The van der Waals surface area contributed by atoms with Gasteiger partial charge in [0.2, 0.25) is 0 Å². The van der Waals surface area contributed by atoms with Crippen molar-refractivity contribution in [1.82, 2.24) is 5.32 Å². The van der Waals surface area contributed by atoms with Crippen molar-refractivity contribution >= 4 is 5.69 Å². The fourth-order valence-electron chi connectivity index (χ4n) is 2.56. The molecular formula is C16H26N2O2. The number of nitrogens with one attached hydrogen (secondary N) is 1. The van der Waals surface area contributed by atoms with E-state index in [0.717, 1.165) is 12.1 Å². The summed E-state index contributed by atoms with van der Waals surface area (Å²) in [5.74, 6) is 1.92. The first-order chi connectivity index (χ1) is 9.32. The van der Waals surface area contributed by atoms with E-state index < -0.39 is 0 Å². The van der Waals surface area contributed by atoms with Crippen molar-refractivity contribution in [2.75, 3.05) is 6.54 Å². The highest BCUT2D eigenvalue weighted by molar-refractivity contribution is 5.34. The van der Waals surface area contributed by atoms with E-state index in [2.05, 4.69) is 39.9 Å². The lowest BCUT2D eigenvalue weighted by atomic mass is 9.85. The van der Waals surface area contributed by atoms with Gasteiger partial charge < -0.3 is 5.32 Å². The monoisotopic (exact) mass is 278 g/mol. The Balaban J connectivity index is 2.62. The maximum Gasteiger partial charge on any atom is 0.269 e. The number of rotatable bonds is 7. The molecule has 1 rings (SSSR count). The van der Waals surface area contributed by atoms with E-state index >= 15 is 0 Å². The molecule has 0 bridgehead atoms. The molecule has 0 aromatic heterocycles. The number of nitrogens with zero attached hydrogens (tertiary/aromatic N) is 1. The van der Waals surface area contributed by atoms with Crippen LogP contribution in [0.25, 0.3) is 0 Å². The third kappa shape index (κ3) is 4.60. The molecule has 0 spiro atoms. The second-order valence-corrected chi connectivity index (χ2v) is 6.13. The van der Waals surface area contributed by atoms with Crippen LogP contribution in [-0.4, -0.2) is 11.5 Å². The van der Waals surface area contributed by atoms with Gasteiger partial charge in [-0.05, 0) is 36.8 Å². The van der Waals surface area contributed by atoms with Crippen LogP contribution in [0.4, 0.5) is 5.69 Å². The van der Waals surface area contributed by atoms with Crippen molar-refractivity contribution < 1.29 is 4.92 Å². The maximum absolute atomic E-state index is 10.6. The minimum absolute atomic E-state index is 0.142. The van der Waals surface area contributed by atoms with Crippen molar-refractivity contribution in [3.05, 3.63) is 39.9 Å². The Morgan fingerprint density at radius 3 is 1.95 bits per heavy atom. The molecule has 4 nitrogen and oxygen atoms in total. The minimum Gasteiger partial charge on any atom is -0.310 e. The molecule has 0 saturated heterocycles. The van der Waals surface area contributed by atoms with Crippen LogP contribution in [0.1, 0.15) is 46.2 Å². The largest absolute Gasteiger partial charge is 0.310 e. The summed E-state index contributed by atoms with van der Waals surface area (Å²) in [6.45, 7) is 12.1. The number of nitro benzene ring substituents is 1. The van der Waals surface area contributed by atoms with E-state index in [-0.39, 0.29) is 16.7 Å². The Kier molecular flexibility index (Phi) is 6.14. The van der Waals surface area contributed by atoms with Crippen molar-refractivity contribution in [1.29, 1.82) is 0 Å². The normalized spacial score (nSPS) is 13.2. The molecule has 1 unspecified atom stereocenters. The zero-order valence-electron chi connectivity index (χ0n) is 13.1. The van der Waals surface area contributed by atoms with Crippen molar-refractivity contribution in [3.63, 3.8) is 0 Å². The average Bonchev–Trinajstić information content (AvgIpc) is 2.38. The van der Waals surface area contributed by atoms with Crippen LogP contribution in [0.5, 0.6) is 0 Å². The van der Waals surface area contributed by atoms with E-state index in [0.29, 0.717) is 17.8 Å². The number of nitro groups is 1. The van der Waals surface area contributed by atoms with Crippen molar-refractivity contribution in [2.24, 2.45) is 17.8 Å². The summed E-state index contributed by atoms with van der Waals surface area (Å²) in [7, 11) is 0. The second-order valence-electron chi connectivity index (χ2n) is 6.13. The smallest absolute Gasteiger partial charge is 0.269 e. The lowest BCUT2D eigenvalue weighted by Gasteiger charge is -2.27. The zero-order chi connectivity index (χ0) is 15.3. The molecule has 1 aromatic rings. The number of hydrogen-bond acceptors (Lipinski definition) is 3. The Labute approximate surface area is 121 Å². The summed E-state index contributed by atoms with van der Waals surface area (Å²) in [5, 5.41) is 14.2. The Morgan fingerprint density at radius 2 is 1.55 bits per heavy atom. The van der Waals surface area contributed by atoms with Crippen LogP contribution >= 0.6 is 0 Å². The van der Waals surface area contributed by atoms with E-state index in [1.807, 2.05) is 12.1 Å². The van der Waals surface area contributed by atoms with Gasteiger partial charge in [0.25, 0.3) is 5.69 Å². The van der Waals surface area contributed by atoms with Crippen LogP contribution in [0.3, 0.4) is 0 Å². The topological polar surface area (TPSA) is 55.2 Å². The van der Waals surface area contributed by atoms with Crippen molar-refractivity contribution in [3.8, 4) is 0 Å². The fraction of sp³-hybridized carbons (Fsp3) is 0.625. The van der Waals surface area contributed by atoms with Crippen LogP contribution < -0.4 is 5.32 Å². The van der Waals surface area contributed by atoms with E-state index in [1.165, 1.54) is 0 Å². The van der Waals surface area contributed by atoms with Gasteiger partial charge in [-0.15, -0.1) is 0 Å². The molecule has 0 aliphatic heterocycles. The average molecular weight is 278 g/mol.